The summed E-state index contributed by atoms with van der Waals surface area (Å²) in [5, 5.41) is 0. The molecule has 4 saturated carbocycles. The molecule has 0 heterocycles. The van der Waals surface area contributed by atoms with Gasteiger partial charge in [-0.3, -0.25) is 0 Å². The molecule has 4 fully saturated rings. The summed E-state index contributed by atoms with van der Waals surface area (Å²) < 4.78 is 0. The Morgan fingerprint density at radius 2 is 1.23 bits per heavy atom. The van der Waals surface area contributed by atoms with Crippen LogP contribution in [0.25, 0.3) is 0 Å². The van der Waals surface area contributed by atoms with Crippen molar-refractivity contribution in [2.75, 3.05) is 20.1 Å². The molecule has 0 N–H and O–H groups in total. The van der Waals surface area contributed by atoms with Crippen molar-refractivity contribution in [1.82, 2.24) is 4.90 Å². The van der Waals surface area contributed by atoms with Crippen LogP contribution in [0, 0.1) is 35.5 Å². The average Bonchev–Trinajstić information content (AvgIpc) is 3.16. The molecule has 1 nitrogen and oxygen atoms in total. The fourth-order valence-electron chi connectivity index (χ4n) is 6.56. The van der Waals surface area contributed by atoms with E-state index in [-0.39, 0.29) is 0 Å². The normalized spacial score (nSPS) is 44.1. The molecule has 122 valence electrons. The van der Waals surface area contributed by atoms with Gasteiger partial charge < -0.3 is 4.90 Å². The van der Waals surface area contributed by atoms with E-state index in [2.05, 4.69) is 25.1 Å². The second kappa shape index (κ2) is 5.82. The van der Waals surface area contributed by atoms with Gasteiger partial charge in [0.15, 0.2) is 0 Å². The highest BCUT2D eigenvalue weighted by molar-refractivity contribution is 5.11. The lowest BCUT2D eigenvalue weighted by Crippen LogP contribution is -2.33. The largest absolute Gasteiger partial charge is 0.306 e. The quantitative estimate of drug-likeness (QED) is 0.667. The van der Waals surface area contributed by atoms with E-state index in [1.54, 1.807) is 0 Å². The first kappa shape index (κ1) is 15.0. The Labute approximate surface area is 136 Å². The highest BCUT2D eigenvalue weighted by atomic mass is 15.1. The van der Waals surface area contributed by atoms with E-state index in [0.29, 0.717) is 0 Å². The van der Waals surface area contributed by atoms with E-state index in [0.717, 1.165) is 35.5 Å². The van der Waals surface area contributed by atoms with Crippen LogP contribution in [0.5, 0.6) is 0 Å². The summed E-state index contributed by atoms with van der Waals surface area (Å²) in [6, 6.07) is 0. The Bertz CT molecular complexity index is 423. The summed E-state index contributed by atoms with van der Waals surface area (Å²) in [6.07, 6.45) is 11.2. The van der Waals surface area contributed by atoms with Gasteiger partial charge in [0.05, 0.1) is 0 Å². The Morgan fingerprint density at radius 1 is 0.773 bits per heavy atom. The number of hydrogen-bond acceptors (Lipinski definition) is 1. The van der Waals surface area contributed by atoms with Gasteiger partial charge >= 0.3 is 0 Å². The summed E-state index contributed by atoms with van der Waals surface area (Å²) in [7, 11) is 2.38. The second-order valence-electron chi connectivity index (χ2n) is 9.06. The summed E-state index contributed by atoms with van der Waals surface area (Å²) in [5.74, 6) is 5.81. The fraction of sp³-hybridized carbons (Fsp3) is 0.810. The molecule has 4 aliphatic carbocycles. The molecule has 0 aromatic carbocycles. The van der Waals surface area contributed by atoms with Crippen molar-refractivity contribution in [3.63, 3.8) is 0 Å². The molecular weight excluding hydrogens is 266 g/mol. The van der Waals surface area contributed by atoms with Crippen LogP contribution >= 0.6 is 0 Å². The number of nitrogens with zero attached hydrogens (tertiary/aromatic N) is 1. The topological polar surface area (TPSA) is 3.24 Å². The van der Waals surface area contributed by atoms with Gasteiger partial charge in [-0.2, -0.15) is 0 Å². The zero-order chi connectivity index (χ0) is 15.3. The van der Waals surface area contributed by atoms with Crippen LogP contribution < -0.4 is 0 Å². The molecule has 0 aromatic heterocycles. The maximum Gasteiger partial charge on any atom is 0.000959 e. The number of allylic oxidation sites excluding steroid dienone is 2. The maximum atomic E-state index is 4.25. The molecule has 0 spiro atoms. The summed E-state index contributed by atoms with van der Waals surface area (Å²) >= 11 is 0. The zero-order valence-corrected chi connectivity index (χ0v) is 14.4. The van der Waals surface area contributed by atoms with Crippen molar-refractivity contribution in [1.29, 1.82) is 0 Å². The minimum Gasteiger partial charge on any atom is -0.306 e. The lowest BCUT2D eigenvalue weighted by Gasteiger charge is -2.29. The number of hydrogen-bond donors (Lipinski definition) is 0. The first-order valence-electron chi connectivity index (χ1n) is 9.62. The summed E-state index contributed by atoms with van der Waals surface area (Å²) in [6.45, 7) is 11.2. The van der Waals surface area contributed by atoms with E-state index in [9.17, 15) is 0 Å². The molecule has 0 radical (unpaired) electrons. The molecule has 0 aliphatic heterocycles. The molecule has 0 bridgehead atoms. The van der Waals surface area contributed by atoms with Gasteiger partial charge in [0.2, 0.25) is 0 Å². The predicted octanol–water partition coefficient (Wildman–Crippen LogP) is 4.90. The lowest BCUT2D eigenvalue weighted by atomic mass is 9.89. The van der Waals surface area contributed by atoms with Crippen molar-refractivity contribution in [2.24, 2.45) is 35.5 Å². The van der Waals surface area contributed by atoms with Crippen LogP contribution in [0.15, 0.2) is 24.3 Å². The van der Waals surface area contributed by atoms with Crippen LogP contribution in [0.4, 0.5) is 0 Å². The molecule has 0 saturated heterocycles. The van der Waals surface area contributed by atoms with Crippen molar-refractivity contribution < 1.29 is 0 Å². The van der Waals surface area contributed by atoms with E-state index >= 15 is 0 Å². The van der Waals surface area contributed by atoms with Crippen molar-refractivity contribution >= 4 is 0 Å². The standard InChI is InChI=1S/C21H33N/c1-14-8-16-4-6-18(20(16)10-14)12-22(3)13-19-7-5-17-9-15(2)11-21(17)19/h16-21H,1-2,4-13H2,3H3/t16?,17?,18-,19?,20-,21-/m0/s1. The minimum absolute atomic E-state index is 0.949. The number of rotatable bonds is 4. The summed E-state index contributed by atoms with van der Waals surface area (Å²) in [4.78, 5) is 2.68. The third-order valence-corrected chi connectivity index (χ3v) is 7.48. The van der Waals surface area contributed by atoms with Crippen molar-refractivity contribution in [3.05, 3.63) is 24.3 Å². The smallest absolute Gasteiger partial charge is 0.000959 e. The molecular formula is C21H33N. The Balaban J connectivity index is 1.31. The van der Waals surface area contributed by atoms with Crippen LogP contribution in [0.2, 0.25) is 0 Å². The van der Waals surface area contributed by atoms with E-state index < -0.39 is 0 Å². The molecule has 6 atom stereocenters. The predicted molar refractivity (Wildman–Crippen MR) is 93.7 cm³/mol. The SMILES string of the molecule is C=C1CC2CCC(CN(C)C[C@@H]3CCC4CC(=C)C[C@@H]43)[C@H]2C1. The van der Waals surface area contributed by atoms with Gasteiger partial charge in [0.1, 0.15) is 0 Å². The van der Waals surface area contributed by atoms with Crippen LogP contribution in [0.3, 0.4) is 0 Å². The third-order valence-electron chi connectivity index (χ3n) is 7.48. The molecule has 0 aromatic rings. The Morgan fingerprint density at radius 3 is 1.68 bits per heavy atom. The molecule has 4 aliphatic rings. The monoisotopic (exact) mass is 299 g/mol. The second-order valence-corrected chi connectivity index (χ2v) is 9.06. The van der Waals surface area contributed by atoms with Crippen LogP contribution in [-0.2, 0) is 0 Å². The van der Waals surface area contributed by atoms with Gasteiger partial charge in [0, 0.05) is 13.1 Å². The van der Waals surface area contributed by atoms with Crippen LogP contribution in [0.1, 0.15) is 51.4 Å². The Hall–Kier alpha value is -0.560. The first-order chi connectivity index (χ1) is 10.6. The van der Waals surface area contributed by atoms with Gasteiger partial charge in [-0.25, -0.2) is 0 Å². The molecule has 3 unspecified atom stereocenters. The van der Waals surface area contributed by atoms with Crippen LogP contribution in [-0.4, -0.2) is 25.0 Å². The van der Waals surface area contributed by atoms with E-state index in [1.165, 1.54) is 75.6 Å². The van der Waals surface area contributed by atoms with E-state index in [1.807, 2.05) is 0 Å². The average molecular weight is 300 g/mol. The Kier molecular flexibility index (Phi) is 3.97. The summed E-state index contributed by atoms with van der Waals surface area (Å²) in [5.41, 5.74) is 3.07. The van der Waals surface area contributed by atoms with Crippen molar-refractivity contribution in [3.8, 4) is 0 Å². The minimum atomic E-state index is 0.949. The van der Waals surface area contributed by atoms with E-state index in [4.69, 9.17) is 0 Å². The highest BCUT2D eigenvalue weighted by Gasteiger charge is 2.43. The molecule has 4 rings (SSSR count). The fourth-order valence-corrected chi connectivity index (χ4v) is 6.56. The van der Waals surface area contributed by atoms with Gasteiger partial charge in [-0.15, -0.1) is 0 Å². The van der Waals surface area contributed by atoms with Gasteiger partial charge in [-0.05, 0) is 93.9 Å². The molecule has 22 heavy (non-hydrogen) atoms. The van der Waals surface area contributed by atoms with Gasteiger partial charge in [-0.1, -0.05) is 24.3 Å². The first-order valence-corrected chi connectivity index (χ1v) is 9.62. The number of fused-ring (bicyclic) bond motifs is 2. The van der Waals surface area contributed by atoms with Gasteiger partial charge in [0.25, 0.3) is 0 Å². The highest BCUT2D eigenvalue weighted by Crippen LogP contribution is 2.51. The lowest BCUT2D eigenvalue weighted by molar-refractivity contribution is 0.187. The molecule has 1 heteroatoms. The third kappa shape index (κ3) is 2.70. The maximum absolute atomic E-state index is 4.25. The van der Waals surface area contributed by atoms with Crippen molar-refractivity contribution in [2.45, 2.75) is 51.4 Å². The zero-order valence-electron chi connectivity index (χ0n) is 14.4. The molecule has 0 amide bonds.